The van der Waals surface area contributed by atoms with E-state index in [1.165, 1.54) is 4.57 Å². The van der Waals surface area contributed by atoms with E-state index in [4.69, 9.17) is 4.42 Å². The quantitative estimate of drug-likeness (QED) is 0.774. The van der Waals surface area contributed by atoms with E-state index < -0.39 is 0 Å². The third-order valence-electron chi connectivity index (χ3n) is 4.18. The fourth-order valence-electron chi connectivity index (χ4n) is 2.68. The van der Waals surface area contributed by atoms with Crippen LogP contribution in [0.3, 0.4) is 0 Å². The Labute approximate surface area is 145 Å². The first-order valence-corrected chi connectivity index (χ1v) is 8.10. The summed E-state index contributed by atoms with van der Waals surface area (Å²) < 4.78 is 6.59. The van der Waals surface area contributed by atoms with E-state index in [1.54, 1.807) is 19.2 Å². The van der Waals surface area contributed by atoms with Crippen LogP contribution in [0.2, 0.25) is 0 Å². The molecule has 0 atom stereocenters. The van der Waals surface area contributed by atoms with E-state index in [9.17, 15) is 9.59 Å². The van der Waals surface area contributed by atoms with Gasteiger partial charge >= 0.3 is 5.76 Å². The van der Waals surface area contributed by atoms with Crippen molar-refractivity contribution in [2.45, 2.75) is 6.42 Å². The van der Waals surface area contributed by atoms with E-state index >= 15 is 0 Å². The van der Waals surface area contributed by atoms with Gasteiger partial charge in [-0.2, -0.15) is 0 Å². The first-order chi connectivity index (χ1) is 12.0. The highest BCUT2D eigenvalue weighted by Gasteiger charge is 2.08. The molecular weight excluding hydrogens is 318 g/mol. The van der Waals surface area contributed by atoms with E-state index in [0.29, 0.717) is 24.1 Å². The summed E-state index contributed by atoms with van der Waals surface area (Å²) in [6.45, 7) is 0.516. The zero-order valence-electron chi connectivity index (χ0n) is 14.6. The number of hydrogen-bond acceptors (Lipinski definition) is 4. The molecule has 1 N–H and O–H groups in total. The van der Waals surface area contributed by atoms with Gasteiger partial charge in [0.1, 0.15) is 0 Å². The number of nitrogens with one attached hydrogen (secondary N) is 1. The molecule has 0 radical (unpaired) electrons. The van der Waals surface area contributed by atoms with Gasteiger partial charge in [0.15, 0.2) is 5.58 Å². The largest absolute Gasteiger partial charge is 0.419 e. The molecule has 0 saturated carbocycles. The lowest BCUT2D eigenvalue weighted by Crippen LogP contribution is -2.26. The van der Waals surface area contributed by atoms with Gasteiger partial charge in [-0.3, -0.25) is 9.36 Å². The Bertz CT molecular complexity index is 969. The topological polar surface area (TPSA) is 67.5 Å². The highest BCUT2D eigenvalue weighted by Crippen LogP contribution is 2.15. The predicted molar refractivity (Wildman–Crippen MR) is 98.3 cm³/mol. The Hall–Kier alpha value is -3.02. The third-order valence-corrected chi connectivity index (χ3v) is 4.18. The molecule has 25 heavy (non-hydrogen) atoms. The summed E-state index contributed by atoms with van der Waals surface area (Å²) in [7, 11) is 5.56. The molecule has 0 aliphatic carbocycles. The number of nitrogens with zero attached hydrogens (tertiary/aromatic N) is 2. The molecule has 1 heterocycles. The highest BCUT2D eigenvalue weighted by molar-refractivity contribution is 5.95. The van der Waals surface area contributed by atoms with Gasteiger partial charge in [0.2, 0.25) is 0 Å². The lowest BCUT2D eigenvalue weighted by Gasteiger charge is -2.13. The minimum atomic E-state index is -0.374. The van der Waals surface area contributed by atoms with Crippen molar-refractivity contribution in [2.75, 3.05) is 25.5 Å². The average molecular weight is 339 g/mol. The van der Waals surface area contributed by atoms with Crippen molar-refractivity contribution in [1.82, 2.24) is 9.88 Å². The van der Waals surface area contributed by atoms with E-state index in [1.807, 2.05) is 49.3 Å². The van der Waals surface area contributed by atoms with Crippen LogP contribution in [-0.2, 0) is 13.5 Å². The normalized spacial score (nSPS) is 10.8. The van der Waals surface area contributed by atoms with Crippen LogP contribution in [-0.4, -0.2) is 31.1 Å². The molecule has 3 rings (SSSR count). The second-order valence-corrected chi connectivity index (χ2v) is 6.18. The van der Waals surface area contributed by atoms with Gasteiger partial charge in [-0.15, -0.1) is 0 Å². The van der Waals surface area contributed by atoms with Gasteiger partial charge in [0, 0.05) is 38.9 Å². The number of carbonyl (C=O) groups excluding carboxylic acids is 1. The molecule has 0 spiro atoms. The van der Waals surface area contributed by atoms with E-state index in [2.05, 4.69) is 5.32 Å². The van der Waals surface area contributed by atoms with Crippen molar-refractivity contribution in [1.29, 1.82) is 0 Å². The minimum absolute atomic E-state index is 0.0968. The maximum atomic E-state index is 12.3. The fourth-order valence-corrected chi connectivity index (χ4v) is 2.68. The number of fused-ring (bicyclic) bond motifs is 1. The van der Waals surface area contributed by atoms with Crippen LogP contribution in [0.4, 0.5) is 5.69 Å². The van der Waals surface area contributed by atoms with Gasteiger partial charge in [0.05, 0.1) is 5.52 Å². The van der Waals surface area contributed by atoms with Gasteiger partial charge < -0.3 is 14.6 Å². The maximum absolute atomic E-state index is 12.3. The Kier molecular flexibility index (Phi) is 4.61. The molecule has 130 valence electrons. The lowest BCUT2D eigenvalue weighted by molar-refractivity contribution is 0.0954. The summed E-state index contributed by atoms with van der Waals surface area (Å²) in [6.07, 6.45) is 0.675. The van der Waals surface area contributed by atoms with Crippen LogP contribution >= 0.6 is 0 Å². The number of rotatable bonds is 5. The van der Waals surface area contributed by atoms with Crippen molar-refractivity contribution >= 4 is 22.7 Å². The summed E-state index contributed by atoms with van der Waals surface area (Å²) in [5, 5.41) is 2.93. The number of carbonyl (C=O) groups is 1. The first kappa shape index (κ1) is 16.8. The molecule has 0 aliphatic rings. The van der Waals surface area contributed by atoms with Crippen molar-refractivity contribution in [3.63, 3.8) is 0 Å². The number of aryl methyl sites for hydroxylation is 1. The molecule has 0 bridgehead atoms. The van der Waals surface area contributed by atoms with Crippen LogP contribution in [0.5, 0.6) is 0 Å². The molecule has 6 heteroatoms. The molecule has 1 aromatic heterocycles. The number of oxazole rings is 1. The van der Waals surface area contributed by atoms with Crippen LogP contribution < -0.4 is 16.0 Å². The summed E-state index contributed by atoms with van der Waals surface area (Å²) in [5.41, 5.74) is 3.98. The Morgan fingerprint density at radius 3 is 2.76 bits per heavy atom. The number of hydrogen-bond donors (Lipinski definition) is 1. The molecule has 0 unspecified atom stereocenters. The first-order valence-electron chi connectivity index (χ1n) is 8.10. The molecule has 0 aliphatic heterocycles. The SMILES string of the molecule is CN(C)c1cccc(C(=O)NCCc2ccc3oc(=O)n(C)c3c2)c1. The van der Waals surface area contributed by atoms with Crippen molar-refractivity contribution in [3.8, 4) is 0 Å². The number of anilines is 1. The lowest BCUT2D eigenvalue weighted by atomic mass is 10.1. The fraction of sp³-hybridized carbons (Fsp3) is 0.263. The van der Waals surface area contributed by atoms with Gasteiger partial charge in [0.25, 0.3) is 5.91 Å². The number of benzene rings is 2. The van der Waals surface area contributed by atoms with Crippen molar-refractivity contribution < 1.29 is 9.21 Å². The van der Waals surface area contributed by atoms with Gasteiger partial charge in [-0.05, 0) is 42.3 Å². The molecule has 0 saturated heterocycles. The zero-order valence-corrected chi connectivity index (χ0v) is 14.6. The van der Waals surface area contributed by atoms with Crippen molar-refractivity contribution in [2.24, 2.45) is 7.05 Å². The minimum Gasteiger partial charge on any atom is -0.408 e. The molecule has 3 aromatic rings. The Morgan fingerprint density at radius 1 is 1.20 bits per heavy atom. The third kappa shape index (κ3) is 3.57. The molecule has 0 fully saturated rings. The van der Waals surface area contributed by atoms with Crippen LogP contribution in [0.25, 0.3) is 11.1 Å². The summed E-state index contributed by atoms with van der Waals surface area (Å²) in [5.74, 6) is -0.471. The van der Waals surface area contributed by atoms with Gasteiger partial charge in [-0.25, -0.2) is 4.79 Å². The van der Waals surface area contributed by atoms with Crippen LogP contribution in [0, 0.1) is 0 Å². The second-order valence-electron chi connectivity index (χ2n) is 6.18. The van der Waals surface area contributed by atoms with E-state index in [0.717, 1.165) is 16.8 Å². The number of amides is 1. The Balaban J connectivity index is 1.64. The molecule has 6 nitrogen and oxygen atoms in total. The number of aromatic nitrogens is 1. The van der Waals surface area contributed by atoms with E-state index in [-0.39, 0.29) is 11.7 Å². The smallest absolute Gasteiger partial charge is 0.408 e. The Morgan fingerprint density at radius 2 is 2.00 bits per heavy atom. The summed E-state index contributed by atoms with van der Waals surface area (Å²) in [6, 6.07) is 13.1. The predicted octanol–water partition coefficient (Wildman–Crippen LogP) is 2.17. The van der Waals surface area contributed by atoms with Crippen LogP contribution in [0.15, 0.2) is 51.7 Å². The van der Waals surface area contributed by atoms with Gasteiger partial charge in [-0.1, -0.05) is 12.1 Å². The standard InChI is InChI=1S/C19H21N3O3/c1-21(2)15-6-4-5-14(12-15)18(23)20-10-9-13-7-8-17-16(11-13)22(3)19(24)25-17/h4-8,11-12H,9-10H2,1-3H3,(H,20,23). The second kappa shape index (κ2) is 6.84. The highest BCUT2D eigenvalue weighted by atomic mass is 16.4. The average Bonchev–Trinajstić information content (AvgIpc) is 2.89. The monoisotopic (exact) mass is 339 g/mol. The molecule has 1 amide bonds. The van der Waals surface area contributed by atoms with Crippen molar-refractivity contribution in [3.05, 3.63) is 64.1 Å². The molecular formula is C19H21N3O3. The summed E-state index contributed by atoms with van der Waals surface area (Å²) in [4.78, 5) is 25.8. The van der Waals surface area contributed by atoms with Crippen LogP contribution in [0.1, 0.15) is 15.9 Å². The molecule has 2 aromatic carbocycles. The summed E-state index contributed by atoms with van der Waals surface area (Å²) >= 11 is 0. The zero-order chi connectivity index (χ0) is 18.0. The maximum Gasteiger partial charge on any atom is 0.419 e.